The first-order chi connectivity index (χ1) is 15.5. The van der Waals surface area contributed by atoms with Crippen molar-refractivity contribution in [2.45, 2.75) is 43.5 Å². The fourth-order valence-corrected chi connectivity index (χ4v) is 5.66. The van der Waals surface area contributed by atoms with E-state index in [9.17, 15) is 9.00 Å². The quantitative estimate of drug-likeness (QED) is 0.457. The molecule has 0 radical (unpaired) electrons. The van der Waals surface area contributed by atoms with Gasteiger partial charge in [0.25, 0.3) is 0 Å². The highest BCUT2D eigenvalue weighted by Crippen LogP contribution is 2.35. The van der Waals surface area contributed by atoms with Gasteiger partial charge < -0.3 is 14.2 Å². The van der Waals surface area contributed by atoms with Crippen LogP contribution in [0.2, 0.25) is 5.15 Å². The zero-order valence-electron chi connectivity index (χ0n) is 18.2. The van der Waals surface area contributed by atoms with Crippen molar-refractivity contribution in [2.24, 2.45) is 5.92 Å². The summed E-state index contributed by atoms with van der Waals surface area (Å²) in [6.45, 7) is 3.98. The minimum Gasteiger partial charge on any atom is -0.492 e. The standard InChI is InChI=1S/C23H27ClN2O5S/c1-15-3-4-17-11-22(24)25-13-20(17)26(15)32(28)18-5-6-21(19(12-18)23(27)29-2)31-14-16-7-9-30-10-8-16/h5-6,11-13,15-16H,3-4,7-10,14H2,1-2H3/t15-,32?/m0/s1. The molecule has 4 rings (SSSR count). The smallest absolute Gasteiger partial charge is 0.341 e. The Bertz CT molecular complexity index is 1010. The van der Waals surface area contributed by atoms with Crippen molar-refractivity contribution in [3.63, 3.8) is 0 Å². The lowest BCUT2D eigenvalue weighted by molar-refractivity contribution is 0.0483. The number of carbonyl (C=O) groups is 1. The first kappa shape index (κ1) is 23.0. The maximum absolute atomic E-state index is 13.6. The van der Waals surface area contributed by atoms with Crippen LogP contribution in [0.15, 0.2) is 35.4 Å². The average Bonchev–Trinajstić information content (AvgIpc) is 2.82. The Morgan fingerprint density at radius 3 is 2.81 bits per heavy atom. The van der Waals surface area contributed by atoms with E-state index in [0.29, 0.717) is 28.3 Å². The molecule has 32 heavy (non-hydrogen) atoms. The van der Waals surface area contributed by atoms with E-state index in [2.05, 4.69) is 4.98 Å². The first-order valence-electron chi connectivity index (χ1n) is 10.8. The molecule has 0 aliphatic carbocycles. The van der Waals surface area contributed by atoms with Crippen LogP contribution in [0.25, 0.3) is 0 Å². The molecular weight excluding hydrogens is 452 g/mol. The number of rotatable bonds is 6. The summed E-state index contributed by atoms with van der Waals surface area (Å²) in [5, 5.41) is 0.419. The number of halogens is 1. The topological polar surface area (TPSA) is 78.0 Å². The summed E-state index contributed by atoms with van der Waals surface area (Å²) in [5.74, 6) is 0.295. The summed E-state index contributed by atoms with van der Waals surface area (Å²) in [6, 6.07) is 6.91. The van der Waals surface area contributed by atoms with E-state index in [1.165, 1.54) is 7.11 Å². The molecule has 2 atom stereocenters. The predicted octanol–water partition coefficient (Wildman–Crippen LogP) is 4.19. The number of methoxy groups -OCH3 is 1. The number of ether oxygens (including phenoxy) is 3. The molecule has 9 heteroatoms. The lowest BCUT2D eigenvalue weighted by Crippen LogP contribution is -2.38. The Kier molecular flexibility index (Phi) is 7.33. The number of benzene rings is 1. The maximum Gasteiger partial charge on any atom is 0.341 e. The zero-order valence-corrected chi connectivity index (χ0v) is 19.8. The highest BCUT2D eigenvalue weighted by molar-refractivity contribution is 7.86. The second kappa shape index (κ2) is 10.2. The third-order valence-corrected chi connectivity index (χ3v) is 7.73. The van der Waals surface area contributed by atoms with E-state index in [-0.39, 0.29) is 11.6 Å². The molecule has 0 spiro atoms. The van der Waals surface area contributed by atoms with Gasteiger partial charge in [0.05, 0.1) is 30.5 Å². The second-order valence-electron chi connectivity index (χ2n) is 8.11. The number of hydrogen-bond donors (Lipinski definition) is 0. The molecule has 1 unspecified atom stereocenters. The second-order valence-corrected chi connectivity index (χ2v) is 9.87. The number of hydrogen-bond acceptors (Lipinski definition) is 6. The van der Waals surface area contributed by atoms with Crippen molar-refractivity contribution in [3.8, 4) is 5.75 Å². The molecule has 2 aliphatic heterocycles. The molecule has 0 saturated carbocycles. The molecule has 2 aromatic rings. The van der Waals surface area contributed by atoms with Crippen LogP contribution in [0, 0.1) is 5.92 Å². The van der Waals surface area contributed by atoms with E-state index in [0.717, 1.165) is 50.1 Å². The van der Waals surface area contributed by atoms with Crippen molar-refractivity contribution in [2.75, 3.05) is 31.2 Å². The fraction of sp³-hybridized carbons (Fsp3) is 0.478. The van der Waals surface area contributed by atoms with Crippen LogP contribution >= 0.6 is 11.6 Å². The summed E-state index contributed by atoms with van der Waals surface area (Å²) in [4.78, 5) is 17.2. The average molecular weight is 479 g/mol. The van der Waals surface area contributed by atoms with Crippen LogP contribution in [0.5, 0.6) is 5.75 Å². The van der Waals surface area contributed by atoms with Crippen LogP contribution in [-0.4, -0.2) is 48.1 Å². The molecular formula is C23H27ClN2O5S. The Labute approximate surface area is 195 Å². The molecule has 3 heterocycles. The van der Waals surface area contributed by atoms with Crippen molar-refractivity contribution >= 4 is 34.2 Å². The largest absolute Gasteiger partial charge is 0.492 e. The number of carbonyl (C=O) groups excluding carboxylic acids is 1. The van der Waals surface area contributed by atoms with Crippen molar-refractivity contribution < 1.29 is 23.2 Å². The molecule has 1 fully saturated rings. The normalized spacial score (nSPS) is 19.8. The summed E-state index contributed by atoms with van der Waals surface area (Å²) in [5.41, 5.74) is 2.08. The third-order valence-electron chi connectivity index (χ3n) is 5.95. The van der Waals surface area contributed by atoms with Crippen molar-refractivity contribution in [1.29, 1.82) is 0 Å². The number of aromatic nitrogens is 1. The Morgan fingerprint density at radius 1 is 1.28 bits per heavy atom. The van der Waals surface area contributed by atoms with E-state index in [1.54, 1.807) is 24.4 Å². The van der Waals surface area contributed by atoms with E-state index < -0.39 is 17.0 Å². The molecule has 7 nitrogen and oxygen atoms in total. The van der Waals surface area contributed by atoms with Gasteiger partial charge >= 0.3 is 5.97 Å². The van der Waals surface area contributed by atoms with E-state index in [4.69, 9.17) is 25.8 Å². The van der Waals surface area contributed by atoms with E-state index in [1.807, 2.05) is 17.3 Å². The van der Waals surface area contributed by atoms with Gasteiger partial charge in [0.15, 0.2) is 11.0 Å². The Morgan fingerprint density at radius 2 is 2.06 bits per heavy atom. The number of fused-ring (bicyclic) bond motifs is 1. The number of aryl methyl sites for hydroxylation is 1. The summed E-state index contributed by atoms with van der Waals surface area (Å²) in [7, 11) is -0.217. The minimum atomic E-state index is -1.54. The summed E-state index contributed by atoms with van der Waals surface area (Å²) in [6.07, 6.45) is 5.21. The SMILES string of the molecule is COC(=O)c1cc(S(=O)N2c3cnc(Cl)cc3CC[C@@H]2C)ccc1OCC1CCOCC1. The van der Waals surface area contributed by atoms with Gasteiger partial charge in [-0.3, -0.25) is 4.31 Å². The van der Waals surface area contributed by atoms with Gasteiger partial charge in [0.1, 0.15) is 16.5 Å². The Hall–Kier alpha value is -2.16. The monoisotopic (exact) mass is 478 g/mol. The summed E-state index contributed by atoms with van der Waals surface area (Å²) >= 11 is 6.05. The lowest BCUT2D eigenvalue weighted by atomic mass is 10.0. The number of anilines is 1. The number of nitrogens with zero attached hydrogens (tertiary/aromatic N) is 2. The highest BCUT2D eigenvalue weighted by Gasteiger charge is 2.30. The molecule has 0 bridgehead atoms. The first-order valence-corrected chi connectivity index (χ1v) is 12.2. The third kappa shape index (κ3) is 4.92. The molecule has 0 N–H and O–H groups in total. The lowest BCUT2D eigenvalue weighted by Gasteiger charge is -2.35. The predicted molar refractivity (Wildman–Crippen MR) is 123 cm³/mol. The minimum absolute atomic E-state index is 0.0392. The molecule has 1 aromatic heterocycles. The fourth-order valence-electron chi connectivity index (χ4n) is 4.08. The number of pyridine rings is 1. The van der Waals surface area contributed by atoms with Gasteiger partial charge in [-0.15, -0.1) is 0 Å². The van der Waals surface area contributed by atoms with Crippen LogP contribution in [0.4, 0.5) is 5.69 Å². The van der Waals surface area contributed by atoms with Crippen molar-refractivity contribution in [1.82, 2.24) is 4.98 Å². The molecule has 1 saturated heterocycles. The van der Waals surface area contributed by atoms with Gasteiger partial charge in [-0.05, 0) is 68.4 Å². The molecule has 1 aromatic carbocycles. The number of esters is 1. The van der Waals surface area contributed by atoms with Gasteiger partial charge in [-0.1, -0.05) is 11.6 Å². The van der Waals surface area contributed by atoms with E-state index >= 15 is 0 Å². The molecule has 2 aliphatic rings. The van der Waals surface area contributed by atoms with Gasteiger partial charge in [0, 0.05) is 19.3 Å². The highest BCUT2D eigenvalue weighted by atomic mass is 35.5. The van der Waals surface area contributed by atoms with Crippen LogP contribution in [0.3, 0.4) is 0 Å². The van der Waals surface area contributed by atoms with Crippen LogP contribution < -0.4 is 9.04 Å². The summed E-state index contributed by atoms with van der Waals surface area (Å²) < 4.78 is 31.8. The molecule has 172 valence electrons. The van der Waals surface area contributed by atoms with Gasteiger partial charge in [0.2, 0.25) is 0 Å². The zero-order chi connectivity index (χ0) is 22.7. The Balaban J connectivity index is 1.60. The van der Waals surface area contributed by atoms with Crippen molar-refractivity contribution in [3.05, 3.63) is 46.7 Å². The van der Waals surface area contributed by atoms with Crippen LogP contribution in [-0.2, 0) is 26.9 Å². The van der Waals surface area contributed by atoms with Crippen LogP contribution in [0.1, 0.15) is 42.1 Å². The maximum atomic E-state index is 13.6. The van der Waals surface area contributed by atoms with Gasteiger partial charge in [-0.2, -0.15) is 0 Å². The van der Waals surface area contributed by atoms with Gasteiger partial charge in [-0.25, -0.2) is 14.0 Å². The molecule has 0 amide bonds.